The Morgan fingerprint density at radius 1 is 1.23 bits per heavy atom. The fraction of sp³-hybridized carbons (Fsp3) is 0.188. The number of nitrogens with two attached hydrogens (primary N) is 1. The zero-order chi connectivity index (χ0) is 16.1. The van der Waals surface area contributed by atoms with Crippen molar-refractivity contribution in [3.05, 3.63) is 52.0 Å². The van der Waals surface area contributed by atoms with Crippen molar-refractivity contribution in [1.82, 2.24) is 0 Å². The van der Waals surface area contributed by atoms with Gasteiger partial charge in [0.2, 0.25) is 0 Å². The molecule has 0 aliphatic carbocycles. The average molecular weight is 365 g/mol. The monoisotopic (exact) mass is 364 g/mol. The smallest absolute Gasteiger partial charge is 0.338 e. The first kappa shape index (κ1) is 16.2. The molecule has 0 radical (unpaired) electrons. The van der Waals surface area contributed by atoms with E-state index in [0.29, 0.717) is 29.2 Å². The van der Waals surface area contributed by atoms with E-state index in [1.54, 1.807) is 12.1 Å². The maximum Gasteiger partial charge on any atom is 0.338 e. The number of carbonyl (C=O) groups is 1. The first-order valence-electron chi connectivity index (χ1n) is 6.59. The minimum atomic E-state index is -0.454. The first-order chi connectivity index (χ1) is 10.5. The third-order valence-corrected chi connectivity index (χ3v) is 3.68. The Morgan fingerprint density at radius 3 is 2.50 bits per heavy atom. The highest BCUT2D eigenvalue weighted by atomic mass is 79.9. The minimum Gasteiger partial charge on any atom is -0.494 e. The lowest BCUT2D eigenvalue weighted by atomic mass is 10.1. The lowest BCUT2D eigenvalue weighted by Crippen LogP contribution is -2.08. The summed E-state index contributed by atoms with van der Waals surface area (Å²) in [6.07, 6.45) is 0. The number of halogens is 1. The van der Waals surface area contributed by atoms with Crippen LogP contribution in [0.4, 0.5) is 11.4 Å². The van der Waals surface area contributed by atoms with Gasteiger partial charge in [0.15, 0.2) is 0 Å². The van der Waals surface area contributed by atoms with Crippen LogP contribution in [0.5, 0.6) is 5.75 Å². The predicted octanol–water partition coefficient (Wildman–Crippen LogP) is 3.44. The quantitative estimate of drug-likeness (QED) is 0.627. The Balaban J connectivity index is 2.23. The molecule has 0 unspecified atom stereocenters. The lowest BCUT2D eigenvalue weighted by Gasteiger charge is -2.15. The van der Waals surface area contributed by atoms with Crippen LogP contribution >= 0.6 is 15.9 Å². The van der Waals surface area contributed by atoms with Crippen molar-refractivity contribution in [3.63, 3.8) is 0 Å². The lowest BCUT2D eigenvalue weighted by molar-refractivity contribution is 0.0600. The van der Waals surface area contributed by atoms with E-state index >= 15 is 0 Å². The van der Waals surface area contributed by atoms with Gasteiger partial charge in [-0.25, -0.2) is 4.79 Å². The predicted molar refractivity (Wildman–Crippen MR) is 90.2 cm³/mol. The Bertz CT molecular complexity index is 672. The van der Waals surface area contributed by atoms with Crippen molar-refractivity contribution in [3.8, 4) is 5.75 Å². The van der Waals surface area contributed by atoms with Gasteiger partial charge in [-0.05, 0) is 29.8 Å². The van der Waals surface area contributed by atoms with Gasteiger partial charge in [0.25, 0.3) is 0 Å². The topological polar surface area (TPSA) is 73.6 Å². The van der Waals surface area contributed by atoms with Crippen molar-refractivity contribution in [1.29, 1.82) is 0 Å². The molecule has 2 aromatic carbocycles. The molecular weight excluding hydrogens is 348 g/mol. The molecule has 6 heteroatoms. The summed E-state index contributed by atoms with van der Waals surface area (Å²) < 4.78 is 11.0. The molecule has 5 nitrogen and oxygen atoms in total. The molecule has 0 heterocycles. The third kappa shape index (κ3) is 3.71. The number of hydrogen-bond acceptors (Lipinski definition) is 5. The number of esters is 1. The van der Waals surface area contributed by atoms with Crippen molar-refractivity contribution >= 4 is 33.3 Å². The van der Waals surface area contributed by atoms with Crippen LogP contribution in [0.25, 0.3) is 0 Å². The number of ether oxygens (including phenoxy) is 2. The van der Waals surface area contributed by atoms with E-state index in [1.807, 2.05) is 24.3 Å². The van der Waals surface area contributed by atoms with Gasteiger partial charge in [0.1, 0.15) is 11.4 Å². The van der Waals surface area contributed by atoms with Crippen LogP contribution < -0.4 is 15.8 Å². The molecule has 0 atom stereocenters. The molecular formula is C16H17BrN2O3. The zero-order valence-corrected chi connectivity index (χ0v) is 13.9. The Labute approximate surface area is 137 Å². The highest BCUT2D eigenvalue weighted by Gasteiger charge is 2.14. The van der Waals surface area contributed by atoms with Gasteiger partial charge in [-0.2, -0.15) is 0 Å². The van der Waals surface area contributed by atoms with E-state index in [-0.39, 0.29) is 0 Å². The van der Waals surface area contributed by atoms with Crippen molar-refractivity contribution in [2.75, 3.05) is 25.3 Å². The molecule has 2 rings (SSSR count). The molecule has 0 aromatic heterocycles. The SMILES string of the molecule is COC(=O)c1cc(N)c(NCc2ccc(Br)cc2)c(OC)c1. The summed E-state index contributed by atoms with van der Waals surface area (Å²) in [5, 5.41) is 3.23. The van der Waals surface area contributed by atoms with Crippen molar-refractivity contribution in [2.24, 2.45) is 0 Å². The summed E-state index contributed by atoms with van der Waals surface area (Å²) >= 11 is 3.40. The number of nitrogen functional groups attached to an aromatic ring is 1. The fourth-order valence-electron chi connectivity index (χ4n) is 2.02. The molecule has 0 fully saturated rings. The van der Waals surface area contributed by atoms with Gasteiger partial charge in [-0.15, -0.1) is 0 Å². The van der Waals surface area contributed by atoms with Crippen LogP contribution in [0.15, 0.2) is 40.9 Å². The van der Waals surface area contributed by atoms with Crippen molar-refractivity contribution < 1.29 is 14.3 Å². The number of rotatable bonds is 5. The molecule has 0 spiro atoms. The minimum absolute atomic E-state index is 0.353. The van der Waals surface area contributed by atoms with Crippen LogP contribution in [0, 0.1) is 0 Å². The van der Waals surface area contributed by atoms with Gasteiger partial charge >= 0.3 is 5.97 Å². The zero-order valence-electron chi connectivity index (χ0n) is 12.4. The summed E-state index contributed by atoms with van der Waals surface area (Å²) in [5.74, 6) is 0.0435. The number of anilines is 2. The summed E-state index contributed by atoms with van der Waals surface area (Å²) in [7, 11) is 2.85. The Morgan fingerprint density at radius 2 is 1.91 bits per heavy atom. The molecule has 0 bridgehead atoms. The molecule has 116 valence electrons. The van der Waals surface area contributed by atoms with Crippen molar-refractivity contribution in [2.45, 2.75) is 6.54 Å². The summed E-state index contributed by atoms with van der Waals surface area (Å²) in [5.41, 5.74) is 8.55. The van der Waals surface area contributed by atoms with E-state index < -0.39 is 5.97 Å². The summed E-state index contributed by atoms with van der Waals surface area (Å²) in [6.45, 7) is 0.589. The van der Waals surface area contributed by atoms with E-state index in [0.717, 1.165) is 10.0 Å². The van der Waals surface area contributed by atoms with E-state index in [4.69, 9.17) is 15.2 Å². The number of carbonyl (C=O) groups excluding carboxylic acids is 1. The number of nitrogens with one attached hydrogen (secondary N) is 1. The van der Waals surface area contributed by atoms with Crippen LogP contribution in [-0.4, -0.2) is 20.2 Å². The van der Waals surface area contributed by atoms with Gasteiger partial charge in [0.05, 0.1) is 25.5 Å². The fourth-order valence-corrected chi connectivity index (χ4v) is 2.28. The maximum absolute atomic E-state index is 11.6. The highest BCUT2D eigenvalue weighted by molar-refractivity contribution is 9.10. The maximum atomic E-state index is 11.6. The number of benzene rings is 2. The largest absolute Gasteiger partial charge is 0.494 e. The van der Waals surface area contributed by atoms with E-state index in [9.17, 15) is 4.79 Å². The van der Waals surface area contributed by atoms with Crippen LogP contribution in [0.1, 0.15) is 15.9 Å². The molecule has 2 aromatic rings. The van der Waals surface area contributed by atoms with Gasteiger partial charge in [0, 0.05) is 11.0 Å². The van der Waals surface area contributed by atoms with E-state index in [1.165, 1.54) is 14.2 Å². The molecule has 0 aliphatic heterocycles. The average Bonchev–Trinajstić information content (AvgIpc) is 2.53. The number of hydrogen-bond donors (Lipinski definition) is 2. The summed E-state index contributed by atoms with van der Waals surface area (Å²) in [6, 6.07) is 11.1. The number of methoxy groups -OCH3 is 2. The molecule has 0 amide bonds. The van der Waals surface area contributed by atoms with Crippen LogP contribution in [-0.2, 0) is 11.3 Å². The molecule has 3 N–H and O–H groups in total. The molecule has 0 saturated heterocycles. The van der Waals surface area contributed by atoms with Crippen LogP contribution in [0.2, 0.25) is 0 Å². The summed E-state index contributed by atoms with van der Waals surface area (Å²) in [4.78, 5) is 11.6. The second-order valence-corrected chi connectivity index (χ2v) is 5.53. The molecule has 22 heavy (non-hydrogen) atoms. The standard InChI is InChI=1S/C16H17BrN2O3/c1-21-14-8-11(16(20)22-2)7-13(18)15(14)19-9-10-3-5-12(17)6-4-10/h3-8,19H,9,18H2,1-2H3. The van der Waals surface area contributed by atoms with Crippen LogP contribution in [0.3, 0.4) is 0 Å². The second-order valence-electron chi connectivity index (χ2n) is 4.61. The van der Waals surface area contributed by atoms with Gasteiger partial charge in [-0.3, -0.25) is 0 Å². The normalized spacial score (nSPS) is 10.1. The van der Waals surface area contributed by atoms with Gasteiger partial charge in [-0.1, -0.05) is 28.1 Å². The third-order valence-electron chi connectivity index (χ3n) is 3.16. The van der Waals surface area contributed by atoms with E-state index in [2.05, 4.69) is 21.2 Å². The Hall–Kier alpha value is -2.21. The Kier molecular flexibility index (Phi) is 5.27. The molecule has 0 saturated carbocycles. The highest BCUT2D eigenvalue weighted by Crippen LogP contribution is 2.33. The molecule has 0 aliphatic rings. The second kappa shape index (κ2) is 7.17. The first-order valence-corrected chi connectivity index (χ1v) is 7.38. The van der Waals surface area contributed by atoms with Gasteiger partial charge < -0.3 is 20.5 Å².